The van der Waals surface area contributed by atoms with Crippen LogP contribution < -0.4 is 15.5 Å². The van der Waals surface area contributed by atoms with Crippen LogP contribution in [0.4, 0.5) is 10.1 Å². The number of aromatic nitrogens is 1. The largest absolute Gasteiger partial charge is 0.342 e. The number of nitrogens with zero attached hydrogens (tertiary/aromatic N) is 2. The van der Waals surface area contributed by atoms with E-state index in [0.717, 1.165) is 11.9 Å². The predicted octanol–water partition coefficient (Wildman–Crippen LogP) is 1.15. The molecule has 27 heavy (non-hydrogen) atoms. The van der Waals surface area contributed by atoms with Gasteiger partial charge in [-0.1, -0.05) is 18.2 Å². The van der Waals surface area contributed by atoms with Gasteiger partial charge in [-0.3, -0.25) is 19.4 Å². The second-order valence-electron chi connectivity index (χ2n) is 6.30. The fourth-order valence-corrected chi connectivity index (χ4v) is 3.01. The third-order valence-electron chi connectivity index (χ3n) is 4.32. The van der Waals surface area contributed by atoms with Gasteiger partial charge < -0.3 is 15.5 Å². The molecule has 1 fully saturated rings. The van der Waals surface area contributed by atoms with Crippen molar-refractivity contribution in [3.63, 3.8) is 0 Å². The molecule has 3 rings (SSSR count). The zero-order valence-corrected chi connectivity index (χ0v) is 14.7. The van der Waals surface area contributed by atoms with E-state index >= 15 is 0 Å². The van der Waals surface area contributed by atoms with Gasteiger partial charge in [-0.25, -0.2) is 4.39 Å². The van der Waals surface area contributed by atoms with E-state index in [0.29, 0.717) is 12.1 Å². The number of halogens is 1. The second kappa shape index (κ2) is 7.94. The Morgan fingerprint density at radius 3 is 2.59 bits per heavy atom. The monoisotopic (exact) mass is 370 g/mol. The number of hydrogen-bond acceptors (Lipinski definition) is 4. The Morgan fingerprint density at radius 1 is 1.19 bits per heavy atom. The molecule has 0 bridgehead atoms. The quantitative estimate of drug-likeness (QED) is 0.790. The molecule has 2 N–H and O–H groups in total. The molecule has 1 aliphatic rings. The summed E-state index contributed by atoms with van der Waals surface area (Å²) in [6.45, 7) is 1.87. The minimum Gasteiger partial charge on any atom is -0.342 e. The zero-order chi connectivity index (χ0) is 19.4. The van der Waals surface area contributed by atoms with Crippen LogP contribution in [0.3, 0.4) is 0 Å². The van der Waals surface area contributed by atoms with Gasteiger partial charge >= 0.3 is 11.8 Å². The Hall–Kier alpha value is -3.29. The van der Waals surface area contributed by atoms with Crippen LogP contribution in [-0.4, -0.2) is 34.8 Å². The molecular formula is C19H19FN4O3. The van der Waals surface area contributed by atoms with Crippen molar-refractivity contribution in [2.45, 2.75) is 32.0 Å². The Bertz CT molecular complexity index is 842. The first-order valence-corrected chi connectivity index (χ1v) is 8.53. The number of benzene rings is 1. The molecule has 2 unspecified atom stereocenters. The Balaban J connectivity index is 1.56. The van der Waals surface area contributed by atoms with Crippen LogP contribution in [0.1, 0.15) is 19.0 Å². The standard InChI is InChI=1S/C19H19FN4O3/c1-12-9-16(19(27)24(12)15-5-3-2-4-6-15)23-18(26)17(25)22-11-14-8-7-13(20)10-21-14/h2-8,10,12,16H,9,11H2,1H3,(H,22,25)(H,23,26). The smallest absolute Gasteiger partial charge is 0.309 e. The summed E-state index contributed by atoms with van der Waals surface area (Å²) in [5, 5.41) is 4.88. The van der Waals surface area contributed by atoms with Crippen molar-refractivity contribution < 1.29 is 18.8 Å². The number of carbonyl (C=O) groups excluding carboxylic acids is 3. The van der Waals surface area contributed by atoms with Gasteiger partial charge in [-0.05, 0) is 37.6 Å². The van der Waals surface area contributed by atoms with Crippen LogP contribution in [0, 0.1) is 5.82 Å². The highest BCUT2D eigenvalue weighted by atomic mass is 19.1. The summed E-state index contributed by atoms with van der Waals surface area (Å²) in [4.78, 5) is 42.1. The number of rotatable bonds is 4. The maximum absolute atomic E-state index is 12.8. The van der Waals surface area contributed by atoms with Gasteiger partial charge in [-0.15, -0.1) is 0 Å². The van der Waals surface area contributed by atoms with Gasteiger partial charge in [0.1, 0.15) is 11.9 Å². The van der Waals surface area contributed by atoms with E-state index in [1.165, 1.54) is 12.1 Å². The molecule has 1 saturated heterocycles. The molecule has 2 heterocycles. The lowest BCUT2D eigenvalue weighted by molar-refractivity contribution is -0.140. The summed E-state index contributed by atoms with van der Waals surface area (Å²) in [5.74, 6) is -2.51. The van der Waals surface area contributed by atoms with Crippen LogP contribution in [0.2, 0.25) is 0 Å². The number of nitrogens with one attached hydrogen (secondary N) is 2. The van der Waals surface area contributed by atoms with Crippen LogP contribution >= 0.6 is 0 Å². The van der Waals surface area contributed by atoms with Gasteiger partial charge in [0.25, 0.3) is 0 Å². The Kier molecular flexibility index (Phi) is 5.44. The lowest BCUT2D eigenvalue weighted by atomic mass is 10.2. The summed E-state index contributed by atoms with van der Waals surface area (Å²) < 4.78 is 12.8. The van der Waals surface area contributed by atoms with Gasteiger partial charge in [0.15, 0.2) is 0 Å². The van der Waals surface area contributed by atoms with E-state index in [2.05, 4.69) is 15.6 Å². The summed E-state index contributed by atoms with van der Waals surface area (Å²) in [6, 6.07) is 10.9. The van der Waals surface area contributed by atoms with Gasteiger partial charge in [-0.2, -0.15) is 0 Å². The number of pyridine rings is 1. The molecule has 3 amide bonds. The van der Waals surface area contributed by atoms with Crippen molar-refractivity contribution in [2.24, 2.45) is 0 Å². The number of amides is 3. The highest BCUT2D eigenvalue weighted by Crippen LogP contribution is 2.26. The average Bonchev–Trinajstić information content (AvgIpc) is 2.95. The van der Waals surface area contributed by atoms with Crippen LogP contribution in [0.25, 0.3) is 0 Å². The van der Waals surface area contributed by atoms with E-state index in [4.69, 9.17) is 0 Å². The zero-order valence-electron chi connectivity index (χ0n) is 14.7. The lowest BCUT2D eigenvalue weighted by Gasteiger charge is -2.21. The Morgan fingerprint density at radius 2 is 1.93 bits per heavy atom. The fourth-order valence-electron chi connectivity index (χ4n) is 3.01. The van der Waals surface area contributed by atoms with Gasteiger partial charge in [0, 0.05) is 11.7 Å². The molecule has 0 aliphatic carbocycles. The number of anilines is 1. The van der Waals surface area contributed by atoms with E-state index in [1.807, 2.05) is 37.3 Å². The molecule has 2 atom stereocenters. The summed E-state index contributed by atoms with van der Waals surface area (Å²) >= 11 is 0. The van der Waals surface area contributed by atoms with Crippen LogP contribution in [0.5, 0.6) is 0 Å². The molecule has 7 nitrogen and oxygen atoms in total. The van der Waals surface area contributed by atoms with E-state index < -0.39 is 23.7 Å². The van der Waals surface area contributed by atoms with Crippen molar-refractivity contribution in [3.05, 3.63) is 60.2 Å². The van der Waals surface area contributed by atoms with Gasteiger partial charge in [0.05, 0.1) is 18.4 Å². The minimum absolute atomic E-state index is 0.0162. The maximum Gasteiger partial charge on any atom is 0.309 e. The molecule has 8 heteroatoms. The van der Waals surface area contributed by atoms with Crippen molar-refractivity contribution in [3.8, 4) is 0 Å². The van der Waals surface area contributed by atoms with Crippen LogP contribution in [-0.2, 0) is 20.9 Å². The van der Waals surface area contributed by atoms with Crippen molar-refractivity contribution >= 4 is 23.4 Å². The van der Waals surface area contributed by atoms with E-state index in [9.17, 15) is 18.8 Å². The highest BCUT2D eigenvalue weighted by molar-refractivity contribution is 6.35. The first kappa shape index (κ1) is 18.5. The van der Waals surface area contributed by atoms with Gasteiger partial charge in [0.2, 0.25) is 5.91 Å². The van der Waals surface area contributed by atoms with Crippen LogP contribution in [0.15, 0.2) is 48.7 Å². The molecule has 0 saturated carbocycles. The van der Waals surface area contributed by atoms with Crippen molar-refractivity contribution in [2.75, 3.05) is 4.90 Å². The number of hydrogen-bond donors (Lipinski definition) is 2. The lowest BCUT2D eigenvalue weighted by Crippen LogP contribution is -2.47. The molecule has 0 spiro atoms. The topological polar surface area (TPSA) is 91.4 Å². The molecule has 1 aromatic heterocycles. The van der Waals surface area contributed by atoms with E-state index in [-0.39, 0.29) is 18.5 Å². The highest BCUT2D eigenvalue weighted by Gasteiger charge is 2.39. The van der Waals surface area contributed by atoms with E-state index in [1.54, 1.807) is 4.90 Å². The third-order valence-corrected chi connectivity index (χ3v) is 4.32. The predicted molar refractivity (Wildman–Crippen MR) is 96.0 cm³/mol. The van der Waals surface area contributed by atoms with Crippen molar-refractivity contribution in [1.82, 2.24) is 15.6 Å². The number of carbonyl (C=O) groups is 3. The maximum atomic E-state index is 12.8. The summed E-state index contributed by atoms with van der Waals surface area (Å²) in [5.41, 5.74) is 1.16. The first-order chi connectivity index (χ1) is 13.0. The molecule has 1 aliphatic heterocycles. The molecule has 1 aromatic carbocycles. The third kappa shape index (κ3) is 4.28. The first-order valence-electron chi connectivity index (χ1n) is 8.53. The minimum atomic E-state index is -0.891. The molecule has 140 valence electrons. The number of para-hydroxylation sites is 1. The Labute approximate surface area is 155 Å². The molecule has 0 radical (unpaired) electrons. The summed E-state index contributed by atoms with van der Waals surface area (Å²) in [6.07, 6.45) is 1.44. The second-order valence-corrected chi connectivity index (χ2v) is 6.30. The summed E-state index contributed by atoms with van der Waals surface area (Å²) in [7, 11) is 0. The molecule has 2 aromatic rings. The normalized spacial score (nSPS) is 19.0. The SMILES string of the molecule is CC1CC(NC(=O)C(=O)NCc2ccc(F)cn2)C(=O)N1c1ccccc1. The molecular weight excluding hydrogens is 351 g/mol. The fraction of sp³-hybridized carbons (Fsp3) is 0.263. The average molecular weight is 370 g/mol. The van der Waals surface area contributed by atoms with Crippen molar-refractivity contribution in [1.29, 1.82) is 0 Å².